The van der Waals surface area contributed by atoms with Crippen LogP contribution in [-0.4, -0.2) is 25.7 Å². The molecule has 0 heterocycles. The zero-order valence-corrected chi connectivity index (χ0v) is 16.8. The highest BCUT2D eigenvalue weighted by Crippen LogP contribution is 2.15. The van der Waals surface area contributed by atoms with E-state index in [9.17, 15) is 8.42 Å². The van der Waals surface area contributed by atoms with Gasteiger partial charge in [-0.1, -0.05) is 82.9 Å². The maximum absolute atomic E-state index is 12.1. The van der Waals surface area contributed by atoms with E-state index in [1.807, 2.05) is 6.07 Å². The Morgan fingerprint density at radius 3 is 1.88 bits per heavy atom. The number of rotatable bonds is 15. The van der Waals surface area contributed by atoms with Crippen molar-refractivity contribution in [2.24, 2.45) is 0 Å². The molecule has 0 amide bonds. The average Bonchev–Trinajstić information content (AvgIpc) is 2.60. The molecule has 4 heteroatoms. The first-order valence-corrected chi connectivity index (χ1v) is 12.3. The lowest BCUT2D eigenvalue weighted by molar-refractivity contribution is 0.563. The number of benzene rings is 1. The molecule has 0 radical (unpaired) electrons. The van der Waals surface area contributed by atoms with Gasteiger partial charge in [-0.25, -0.2) is 8.42 Å². The van der Waals surface area contributed by atoms with E-state index in [1.165, 1.54) is 64.2 Å². The molecular formula is C20H34O2S2. The SMILES string of the molecule is CCCCCCCCCCCCSCCS(=O)(=O)c1ccccc1. The fourth-order valence-corrected chi connectivity index (χ4v) is 5.48. The van der Waals surface area contributed by atoms with Crippen molar-refractivity contribution < 1.29 is 8.42 Å². The third-order valence-electron chi connectivity index (χ3n) is 4.24. The van der Waals surface area contributed by atoms with Crippen LogP contribution < -0.4 is 0 Å². The van der Waals surface area contributed by atoms with Gasteiger partial charge in [-0.3, -0.25) is 0 Å². The summed E-state index contributed by atoms with van der Waals surface area (Å²) in [4.78, 5) is 0.449. The number of thioether (sulfide) groups is 1. The fourth-order valence-electron chi connectivity index (χ4n) is 2.71. The molecular weight excluding hydrogens is 336 g/mol. The van der Waals surface area contributed by atoms with E-state index < -0.39 is 9.84 Å². The molecule has 0 aromatic heterocycles. The smallest absolute Gasteiger partial charge is 0.179 e. The highest BCUT2D eigenvalue weighted by Gasteiger charge is 2.12. The molecule has 0 fully saturated rings. The van der Waals surface area contributed by atoms with Crippen LogP contribution in [0.2, 0.25) is 0 Å². The highest BCUT2D eigenvalue weighted by atomic mass is 32.2. The van der Waals surface area contributed by atoms with Crippen LogP contribution in [0.25, 0.3) is 0 Å². The Kier molecular flexibility index (Phi) is 12.4. The van der Waals surface area contributed by atoms with E-state index in [0.29, 0.717) is 10.6 Å². The monoisotopic (exact) mass is 370 g/mol. The lowest BCUT2D eigenvalue weighted by Gasteiger charge is -2.05. The van der Waals surface area contributed by atoms with Crippen LogP contribution in [0.4, 0.5) is 0 Å². The molecule has 2 nitrogen and oxygen atoms in total. The normalized spacial score (nSPS) is 11.7. The Labute approximate surface area is 153 Å². The second-order valence-electron chi connectivity index (χ2n) is 6.43. The minimum Gasteiger partial charge on any atom is -0.224 e. The second-order valence-corrected chi connectivity index (χ2v) is 9.76. The van der Waals surface area contributed by atoms with E-state index in [1.54, 1.807) is 36.0 Å². The van der Waals surface area contributed by atoms with E-state index in [2.05, 4.69) is 6.92 Å². The Bertz CT molecular complexity index is 498. The molecule has 0 aliphatic carbocycles. The summed E-state index contributed by atoms with van der Waals surface area (Å²) in [5, 5.41) is 0. The summed E-state index contributed by atoms with van der Waals surface area (Å²) < 4.78 is 24.2. The van der Waals surface area contributed by atoms with Crippen molar-refractivity contribution in [2.75, 3.05) is 17.3 Å². The number of unbranched alkanes of at least 4 members (excludes halogenated alkanes) is 9. The third kappa shape index (κ3) is 10.4. The second kappa shape index (κ2) is 13.8. The van der Waals surface area contributed by atoms with Gasteiger partial charge in [0.05, 0.1) is 10.6 Å². The highest BCUT2D eigenvalue weighted by molar-refractivity contribution is 8.00. The zero-order valence-electron chi connectivity index (χ0n) is 15.2. The molecule has 138 valence electrons. The summed E-state index contributed by atoms with van der Waals surface area (Å²) in [5.74, 6) is 2.04. The topological polar surface area (TPSA) is 34.1 Å². The first kappa shape index (κ1) is 21.6. The van der Waals surface area contributed by atoms with Gasteiger partial charge >= 0.3 is 0 Å². The van der Waals surface area contributed by atoms with Crippen molar-refractivity contribution in [1.29, 1.82) is 0 Å². The molecule has 0 spiro atoms. The third-order valence-corrected chi connectivity index (χ3v) is 7.30. The van der Waals surface area contributed by atoms with E-state index in [0.717, 1.165) is 5.75 Å². The first-order valence-electron chi connectivity index (χ1n) is 9.52. The van der Waals surface area contributed by atoms with Crippen LogP contribution in [-0.2, 0) is 9.84 Å². The molecule has 0 saturated heterocycles. The predicted molar refractivity (Wildman–Crippen MR) is 108 cm³/mol. The van der Waals surface area contributed by atoms with E-state index in [-0.39, 0.29) is 5.75 Å². The van der Waals surface area contributed by atoms with Gasteiger partial charge in [0.1, 0.15) is 0 Å². The van der Waals surface area contributed by atoms with Gasteiger partial charge in [0, 0.05) is 5.75 Å². The Hall–Kier alpha value is -0.480. The van der Waals surface area contributed by atoms with E-state index in [4.69, 9.17) is 0 Å². The number of hydrogen-bond acceptors (Lipinski definition) is 3. The predicted octanol–water partition coefficient (Wildman–Crippen LogP) is 6.11. The van der Waals surface area contributed by atoms with Gasteiger partial charge in [-0.2, -0.15) is 11.8 Å². The van der Waals surface area contributed by atoms with Crippen molar-refractivity contribution in [1.82, 2.24) is 0 Å². The first-order chi connectivity index (χ1) is 11.7. The molecule has 0 aliphatic rings. The molecule has 1 aromatic rings. The van der Waals surface area contributed by atoms with Gasteiger partial charge in [-0.15, -0.1) is 0 Å². The van der Waals surface area contributed by atoms with Gasteiger partial charge in [0.15, 0.2) is 9.84 Å². The standard InChI is InChI=1S/C20H34O2S2/c1-2-3-4-5-6-7-8-9-10-14-17-23-18-19-24(21,22)20-15-12-11-13-16-20/h11-13,15-16H,2-10,14,17-19H2,1H3. The molecule has 0 aliphatic heterocycles. The van der Waals surface area contributed by atoms with Gasteiger partial charge in [-0.05, 0) is 24.3 Å². The minimum absolute atomic E-state index is 0.249. The van der Waals surface area contributed by atoms with Crippen molar-refractivity contribution in [3.05, 3.63) is 30.3 Å². The molecule has 0 atom stereocenters. The summed E-state index contributed by atoms with van der Waals surface area (Å²) in [6.45, 7) is 2.26. The quantitative estimate of drug-likeness (QED) is 0.349. The Balaban J connectivity index is 1.92. The van der Waals surface area contributed by atoms with Gasteiger partial charge < -0.3 is 0 Å². The number of sulfone groups is 1. The molecule has 0 unspecified atom stereocenters. The maximum Gasteiger partial charge on any atom is 0.179 e. The van der Waals surface area contributed by atoms with Crippen LogP contribution in [0.1, 0.15) is 71.1 Å². The van der Waals surface area contributed by atoms with Crippen molar-refractivity contribution in [3.8, 4) is 0 Å². The Morgan fingerprint density at radius 1 is 0.750 bits per heavy atom. The molecule has 1 aromatic carbocycles. The summed E-state index contributed by atoms with van der Waals surface area (Å²) in [5.41, 5.74) is 0. The molecule has 1 rings (SSSR count). The van der Waals surface area contributed by atoms with Crippen LogP contribution in [0.3, 0.4) is 0 Å². The Morgan fingerprint density at radius 2 is 1.29 bits per heavy atom. The van der Waals surface area contributed by atoms with Gasteiger partial charge in [0.2, 0.25) is 0 Å². The van der Waals surface area contributed by atoms with Gasteiger partial charge in [0.25, 0.3) is 0 Å². The molecule has 24 heavy (non-hydrogen) atoms. The fraction of sp³-hybridized carbons (Fsp3) is 0.700. The van der Waals surface area contributed by atoms with Crippen LogP contribution in [0.5, 0.6) is 0 Å². The summed E-state index contributed by atoms with van der Waals surface area (Å²) in [7, 11) is -3.10. The molecule has 0 saturated carbocycles. The molecule has 0 N–H and O–H groups in total. The summed E-state index contributed by atoms with van der Waals surface area (Å²) >= 11 is 1.77. The summed E-state index contributed by atoms with van der Waals surface area (Å²) in [6.07, 6.45) is 13.5. The van der Waals surface area contributed by atoms with Crippen molar-refractivity contribution in [2.45, 2.75) is 76.0 Å². The van der Waals surface area contributed by atoms with Crippen LogP contribution in [0, 0.1) is 0 Å². The molecule has 0 bridgehead atoms. The van der Waals surface area contributed by atoms with Crippen LogP contribution in [0.15, 0.2) is 35.2 Å². The number of hydrogen-bond donors (Lipinski definition) is 0. The maximum atomic E-state index is 12.1. The largest absolute Gasteiger partial charge is 0.224 e. The lowest BCUT2D eigenvalue weighted by Crippen LogP contribution is -2.08. The minimum atomic E-state index is -3.10. The van der Waals surface area contributed by atoms with Crippen molar-refractivity contribution >= 4 is 21.6 Å². The lowest BCUT2D eigenvalue weighted by atomic mass is 10.1. The zero-order chi connectivity index (χ0) is 17.5. The summed E-state index contributed by atoms with van der Waals surface area (Å²) in [6, 6.07) is 8.77. The van der Waals surface area contributed by atoms with E-state index >= 15 is 0 Å². The van der Waals surface area contributed by atoms with Crippen LogP contribution >= 0.6 is 11.8 Å². The average molecular weight is 371 g/mol. The van der Waals surface area contributed by atoms with Crippen molar-refractivity contribution in [3.63, 3.8) is 0 Å².